The van der Waals surface area contributed by atoms with Gasteiger partial charge in [0.2, 0.25) is 0 Å². The number of hydrogen-bond acceptors (Lipinski definition) is 3. The molecule has 1 aromatic heterocycles. The van der Waals surface area contributed by atoms with Crippen LogP contribution in [0.4, 0.5) is 5.69 Å². The fourth-order valence-electron chi connectivity index (χ4n) is 3.17. The summed E-state index contributed by atoms with van der Waals surface area (Å²) in [6.07, 6.45) is 6.59. The van der Waals surface area contributed by atoms with Gasteiger partial charge in [-0.3, -0.25) is 4.98 Å². The second-order valence-corrected chi connectivity index (χ2v) is 7.10. The van der Waals surface area contributed by atoms with E-state index in [4.69, 9.17) is 0 Å². The zero-order valence-electron chi connectivity index (χ0n) is 14.1. The summed E-state index contributed by atoms with van der Waals surface area (Å²) < 4.78 is 0. The van der Waals surface area contributed by atoms with Crippen LogP contribution in [0.3, 0.4) is 0 Å². The van der Waals surface area contributed by atoms with Gasteiger partial charge in [-0.05, 0) is 43.2 Å². The highest BCUT2D eigenvalue weighted by Crippen LogP contribution is 2.29. The summed E-state index contributed by atoms with van der Waals surface area (Å²) in [6, 6.07) is 2.18. The van der Waals surface area contributed by atoms with E-state index in [2.05, 4.69) is 49.0 Å². The van der Waals surface area contributed by atoms with Gasteiger partial charge in [-0.2, -0.15) is 0 Å². The predicted octanol–water partition coefficient (Wildman–Crippen LogP) is 3.70. The SMILES string of the molecule is CC(C)CNCc1cnccc1N1CCC(C(C)C)CC1. The number of aromatic nitrogens is 1. The molecule has 0 atom stereocenters. The van der Waals surface area contributed by atoms with E-state index in [1.165, 1.54) is 37.2 Å². The maximum atomic E-state index is 4.31. The second-order valence-electron chi connectivity index (χ2n) is 7.10. The van der Waals surface area contributed by atoms with Crippen molar-refractivity contribution in [3.05, 3.63) is 24.0 Å². The summed E-state index contributed by atoms with van der Waals surface area (Å²) in [7, 11) is 0. The largest absolute Gasteiger partial charge is 0.371 e. The highest BCUT2D eigenvalue weighted by atomic mass is 15.1. The first kappa shape index (κ1) is 16.3. The van der Waals surface area contributed by atoms with Crippen LogP contribution in [0, 0.1) is 17.8 Å². The van der Waals surface area contributed by atoms with Gasteiger partial charge in [0, 0.05) is 43.3 Å². The average Bonchev–Trinajstić information content (AvgIpc) is 2.47. The molecule has 3 nitrogen and oxygen atoms in total. The molecule has 1 saturated heterocycles. The van der Waals surface area contributed by atoms with Gasteiger partial charge in [0.1, 0.15) is 0 Å². The maximum absolute atomic E-state index is 4.31. The molecule has 21 heavy (non-hydrogen) atoms. The molecule has 0 aromatic carbocycles. The van der Waals surface area contributed by atoms with Gasteiger partial charge < -0.3 is 10.2 Å². The number of anilines is 1. The van der Waals surface area contributed by atoms with E-state index >= 15 is 0 Å². The molecule has 0 unspecified atom stereocenters. The molecule has 118 valence electrons. The summed E-state index contributed by atoms with van der Waals surface area (Å²) in [4.78, 5) is 6.86. The minimum absolute atomic E-state index is 0.687. The molecule has 0 saturated carbocycles. The lowest BCUT2D eigenvalue weighted by atomic mass is 9.86. The minimum atomic E-state index is 0.687. The van der Waals surface area contributed by atoms with E-state index in [-0.39, 0.29) is 0 Å². The number of hydrogen-bond donors (Lipinski definition) is 1. The first-order valence-electron chi connectivity index (χ1n) is 8.46. The minimum Gasteiger partial charge on any atom is -0.371 e. The first-order valence-corrected chi connectivity index (χ1v) is 8.46. The van der Waals surface area contributed by atoms with Crippen LogP contribution in [-0.4, -0.2) is 24.6 Å². The Hall–Kier alpha value is -1.09. The highest BCUT2D eigenvalue weighted by Gasteiger charge is 2.22. The third-order valence-corrected chi connectivity index (χ3v) is 4.57. The van der Waals surface area contributed by atoms with Crippen molar-refractivity contribution in [2.45, 2.75) is 47.1 Å². The average molecular weight is 289 g/mol. The van der Waals surface area contributed by atoms with Crippen molar-refractivity contribution in [3.63, 3.8) is 0 Å². The number of nitrogens with zero attached hydrogens (tertiary/aromatic N) is 2. The molecule has 0 amide bonds. The van der Waals surface area contributed by atoms with Crippen LogP contribution < -0.4 is 10.2 Å². The van der Waals surface area contributed by atoms with Crippen molar-refractivity contribution >= 4 is 5.69 Å². The van der Waals surface area contributed by atoms with Crippen molar-refractivity contribution in [1.82, 2.24) is 10.3 Å². The molecule has 1 fully saturated rings. The third-order valence-electron chi connectivity index (χ3n) is 4.57. The lowest BCUT2D eigenvalue weighted by Gasteiger charge is -2.36. The van der Waals surface area contributed by atoms with Crippen molar-refractivity contribution in [3.8, 4) is 0 Å². The van der Waals surface area contributed by atoms with Crippen molar-refractivity contribution in [2.75, 3.05) is 24.5 Å². The summed E-state index contributed by atoms with van der Waals surface area (Å²) >= 11 is 0. The van der Waals surface area contributed by atoms with Crippen LogP contribution in [0.1, 0.15) is 46.1 Å². The Labute approximate surface area is 130 Å². The normalized spacial score (nSPS) is 17.0. The summed E-state index contributed by atoms with van der Waals surface area (Å²) in [5.74, 6) is 2.40. The highest BCUT2D eigenvalue weighted by molar-refractivity contribution is 5.52. The zero-order chi connectivity index (χ0) is 15.2. The Bertz CT molecular complexity index is 420. The lowest BCUT2D eigenvalue weighted by Crippen LogP contribution is -2.36. The Morgan fingerprint density at radius 2 is 1.95 bits per heavy atom. The predicted molar refractivity (Wildman–Crippen MR) is 90.6 cm³/mol. The molecule has 1 aliphatic heterocycles. The van der Waals surface area contributed by atoms with Crippen LogP contribution in [0.15, 0.2) is 18.5 Å². The van der Waals surface area contributed by atoms with Crippen molar-refractivity contribution < 1.29 is 0 Å². The Morgan fingerprint density at radius 1 is 1.24 bits per heavy atom. The van der Waals surface area contributed by atoms with Crippen LogP contribution in [-0.2, 0) is 6.54 Å². The molecule has 3 heteroatoms. The van der Waals surface area contributed by atoms with Gasteiger partial charge in [0.05, 0.1) is 0 Å². The summed E-state index contributed by atoms with van der Waals surface area (Å²) in [6.45, 7) is 13.5. The van der Waals surface area contributed by atoms with Gasteiger partial charge in [-0.25, -0.2) is 0 Å². The summed E-state index contributed by atoms with van der Waals surface area (Å²) in [5, 5.41) is 3.54. The van der Waals surface area contributed by atoms with Crippen LogP contribution >= 0.6 is 0 Å². The topological polar surface area (TPSA) is 28.2 Å². The molecule has 1 aromatic rings. The summed E-state index contributed by atoms with van der Waals surface area (Å²) in [5.41, 5.74) is 2.71. The molecule has 2 rings (SSSR count). The van der Waals surface area contributed by atoms with Crippen molar-refractivity contribution in [1.29, 1.82) is 0 Å². The van der Waals surface area contributed by atoms with E-state index < -0.39 is 0 Å². The quantitative estimate of drug-likeness (QED) is 0.865. The molecule has 0 spiro atoms. The van der Waals surface area contributed by atoms with E-state index in [0.717, 1.165) is 24.9 Å². The standard InChI is InChI=1S/C18H31N3/c1-14(2)11-20-13-17-12-19-8-5-18(17)21-9-6-16(7-10-21)15(3)4/h5,8,12,14-16,20H,6-7,9-11,13H2,1-4H3. The van der Waals surface area contributed by atoms with Gasteiger partial charge in [0.25, 0.3) is 0 Å². The van der Waals surface area contributed by atoms with E-state index in [9.17, 15) is 0 Å². The fourth-order valence-corrected chi connectivity index (χ4v) is 3.17. The monoisotopic (exact) mass is 289 g/mol. The molecule has 1 N–H and O–H groups in total. The third kappa shape index (κ3) is 4.70. The van der Waals surface area contributed by atoms with E-state index in [1.807, 2.05) is 12.4 Å². The lowest BCUT2D eigenvalue weighted by molar-refractivity contribution is 0.311. The van der Waals surface area contributed by atoms with Crippen molar-refractivity contribution in [2.24, 2.45) is 17.8 Å². The molecule has 1 aliphatic rings. The van der Waals surface area contributed by atoms with Gasteiger partial charge in [0.15, 0.2) is 0 Å². The molecule has 0 aliphatic carbocycles. The van der Waals surface area contributed by atoms with Crippen LogP contribution in [0.25, 0.3) is 0 Å². The zero-order valence-corrected chi connectivity index (χ0v) is 14.1. The number of rotatable bonds is 6. The van der Waals surface area contributed by atoms with Crippen LogP contribution in [0.2, 0.25) is 0 Å². The number of nitrogens with one attached hydrogen (secondary N) is 1. The Morgan fingerprint density at radius 3 is 2.57 bits per heavy atom. The fraction of sp³-hybridized carbons (Fsp3) is 0.722. The number of piperidine rings is 1. The Balaban J connectivity index is 1.97. The van der Waals surface area contributed by atoms with Gasteiger partial charge in [-0.1, -0.05) is 27.7 Å². The van der Waals surface area contributed by atoms with Gasteiger partial charge >= 0.3 is 0 Å². The molecular weight excluding hydrogens is 258 g/mol. The van der Waals surface area contributed by atoms with E-state index in [0.29, 0.717) is 5.92 Å². The maximum Gasteiger partial charge on any atom is 0.0442 e. The first-order chi connectivity index (χ1) is 10.1. The number of pyridine rings is 1. The van der Waals surface area contributed by atoms with E-state index in [1.54, 1.807) is 0 Å². The molecule has 0 radical (unpaired) electrons. The Kier molecular flexibility index (Phi) is 6.04. The molecular formula is C18H31N3. The molecule has 2 heterocycles. The smallest absolute Gasteiger partial charge is 0.0442 e. The second kappa shape index (κ2) is 7.79. The molecule has 0 bridgehead atoms. The van der Waals surface area contributed by atoms with Crippen LogP contribution in [0.5, 0.6) is 0 Å². The van der Waals surface area contributed by atoms with Gasteiger partial charge in [-0.15, -0.1) is 0 Å².